The van der Waals surface area contributed by atoms with Crippen LogP contribution in [0.25, 0.3) is 33.4 Å². The third kappa shape index (κ3) is 6.40. The molecule has 0 atom stereocenters. The summed E-state index contributed by atoms with van der Waals surface area (Å²) in [6.07, 6.45) is 0. The van der Waals surface area contributed by atoms with E-state index in [1.54, 1.807) is 0 Å². The lowest BCUT2D eigenvalue weighted by molar-refractivity contribution is 0.767. The predicted molar refractivity (Wildman–Crippen MR) is 323 cm³/mol. The quantitative estimate of drug-likeness (QED) is 0.130. The molecule has 0 unspecified atom stereocenters. The number of benzene rings is 12. The van der Waals surface area contributed by atoms with Crippen molar-refractivity contribution in [2.24, 2.45) is 0 Å². The minimum atomic E-state index is -2.91. The van der Waals surface area contributed by atoms with Gasteiger partial charge in [0, 0.05) is 17.1 Å². The number of hydrogen-bond donors (Lipinski definition) is 0. The van der Waals surface area contributed by atoms with Crippen molar-refractivity contribution in [2.75, 3.05) is 4.90 Å². The molecule has 1 heterocycles. The van der Waals surface area contributed by atoms with Gasteiger partial charge in [0.15, 0.2) is 8.07 Å². The summed E-state index contributed by atoms with van der Waals surface area (Å²) in [6.45, 7) is 2.30. The fourth-order valence-corrected chi connectivity index (χ4v) is 19.7. The van der Waals surface area contributed by atoms with Gasteiger partial charge in [0.2, 0.25) is 0 Å². The van der Waals surface area contributed by atoms with Crippen LogP contribution in [0, 0.1) is 6.92 Å². The molecule has 1 aliphatic heterocycles. The molecule has 0 radical (unpaired) electrons. The molecule has 12 aromatic carbocycles. The van der Waals surface area contributed by atoms with Gasteiger partial charge in [0.1, 0.15) is 0 Å². The zero-order chi connectivity index (χ0) is 51.1. The van der Waals surface area contributed by atoms with Crippen LogP contribution in [0.4, 0.5) is 17.1 Å². The summed E-state index contributed by atoms with van der Waals surface area (Å²) in [5, 5.41) is 5.63. The molecule has 0 aromatic heterocycles. The van der Waals surface area contributed by atoms with Crippen molar-refractivity contribution in [3.05, 3.63) is 353 Å². The van der Waals surface area contributed by atoms with Gasteiger partial charge in [0.05, 0.1) is 10.8 Å². The molecule has 3 aliphatic rings. The first-order valence-electron chi connectivity index (χ1n) is 27.0. The lowest BCUT2D eigenvalue weighted by Crippen LogP contribution is -2.72. The van der Waals surface area contributed by atoms with Gasteiger partial charge in [-0.3, -0.25) is 0 Å². The second-order valence-corrected chi connectivity index (χ2v) is 24.8. The molecule has 0 amide bonds. The molecule has 0 saturated heterocycles. The van der Waals surface area contributed by atoms with E-state index in [0.29, 0.717) is 0 Å². The second-order valence-electron chi connectivity index (χ2n) is 21.1. The van der Waals surface area contributed by atoms with E-state index in [0.717, 1.165) is 17.1 Å². The van der Waals surface area contributed by atoms with Crippen LogP contribution in [0.2, 0.25) is 0 Å². The van der Waals surface area contributed by atoms with Crippen LogP contribution in [0.15, 0.2) is 303 Å². The highest BCUT2D eigenvalue weighted by Crippen LogP contribution is 2.59. The monoisotopic (exact) mass is 995 g/mol. The maximum atomic E-state index is 2.59. The van der Waals surface area contributed by atoms with Crippen molar-refractivity contribution in [1.82, 2.24) is 0 Å². The Balaban J connectivity index is 1.04. The Labute approximate surface area is 452 Å². The van der Waals surface area contributed by atoms with Gasteiger partial charge in [-0.1, -0.05) is 267 Å². The van der Waals surface area contributed by atoms with E-state index in [4.69, 9.17) is 0 Å². The third-order valence-electron chi connectivity index (χ3n) is 17.3. The SMILES string of the molecule is Cc1cc(N(c2ccc3c(c2)C(c2ccccc2)(c2ccccc2)c2ccccc2-3)c2ccc3c(c2)C(c2ccccc2)(c2ccccc2)c2ccccc2-3)cc([Si]2(c3ccccc3)c3ccccc3-c3ccccc32)c1. The van der Waals surface area contributed by atoms with Crippen molar-refractivity contribution in [1.29, 1.82) is 0 Å². The first-order chi connectivity index (χ1) is 38.1. The van der Waals surface area contributed by atoms with Gasteiger partial charge in [-0.2, -0.15) is 0 Å². The number of hydrogen-bond acceptors (Lipinski definition) is 1. The average Bonchev–Trinajstić information content (AvgIpc) is 4.33. The molecule has 15 rings (SSSR count). The summed E-state index contributed by atoms with van der Waals surface area (Å²) >= 11 is 0. The first kappa shape index (κ1) is 45.1. The van der Waals surface area contributed by atoms with Crippen molar-refractivity contribution in [3.63, 3.8) is 0 Å². The molecule has 0 spiro atoms. The maximum Gasteiger partial charge on any atom is 0.180 e. The molecule has 12 aromatic rings. The molecular formula is C75H53NSi. The van der Waals surface area contributed by atoms with E-state index >= 15 is 0 Å². The van der Waals surface area contributed by atoms with Crippen LogP contribution in [0.1, 0.15) is 50.1 Å². The molecule has 362 valence electrons. The van der Waals surface area contributed by atoms with Crippen LogP contribution >= 0.6 is 0 Å². The third-order valence-corrected chi connectivity index (χ3v) is 22.2. The number of anilines is 3. The first-order valence-corrected chi connectivity index (χ1v) is 29.0. The van der Waals surface area contributed by atoms with Crippen molar-refractivity contribution in [2.45, 2.75) is 17.8 Å². The highest BCUT2D eigenvalue weighted by atomic mass is 28.3. The standard InChI is InChI=1S/C75H53NSi/c1-52-47-59(49-61(48-52)77(60-33-15-6-16-34-60)72-41-23-19-37-66(72)67-38-20-24-42-73(67)77)76(57-43-45-64-62-35-17-21-39-68(62)74(70(64)50-57,53-25-7-2-8-26-53)54-27-9-3-10-28-54)58-44-46-65-63-36-18-22-40-69(63)75(71(65)51-58,55-29-11-4-12-30-55)56-31-13-5-14-32-56/h2-51H,1H3. The molecule has 2 heteroatoms. The van der Waals surface area contributed by atoms with Gasteiger partial charge in [-0.15, -0.1) is 0 Å². The average molecular weight is 996 g/mol. The molecule has 2 aliphatic carbocycles. The molecular weight excluding hydrogens is 943 g/mol. The molecule has 1 nitrogen and oxygen atoms in total. The number of aryl methyl sites for hydroxylation is 1. The Morgan fingerprint density at radius 2 is 0.610 bits per heavy atom. The van der Waals surface area contributed by atoms with E-state index in [2.05, 4.69) is 315 Å². The van der Waals surface area contributed by atoms with Gasteiger partial charge in [-0.05, 0) is 148 Å². The smallest absolute Gasteiger partial charge is 0.180 e. The van der Waals surface area contributed by atoms with Crippen LogP contribution in [0.5, 0.6) is 0 Å². The molecule has 0 bridgehead atoms. The number of nitrogens with zero attached hydrogens (tertiary/aromatic N) is 1. The Hall–Kier alpha value is -9.34. The second kappa shape index (κ2) is 17.6. The summed E-state index contributed by atoms with van der Waals surface area (Å²) < 4.78 is 0. The van der Waals surface area contributed by atoms with E-state index in [9.17, 15) is 0 Å². The molecule has 0 fully saturated rings. The molecule has 77 heavy (non-hydrogen) atoms. The maximum absolute atomic E-state index is 2.91. The van der Waals surface area contributed by atoms with Crippen molar-refractivity contribution >= 4 is 45.9 Å². The van der Waals surface area contributed by atoms with Gasteiger partial charge < -0.3 is 4.90 Å². The fourth-order valence-electron chi connectivity index (χ4n) is 14.4. The fraction of sp³-hybridized carbons (Fsp3) is 0.0400. The van der Waals surface area contributed by atoms with E-state index in [1.807, 2.05) is 0 Å². The highest BCUT2D eigenvalue weighted by molar-refractivity contribution is 7.22. The zero-order valence-corrected chi connectivity index (χ0v) is 43.8. The van der Waals surface area contributed by atoms with Gasteiger partial charge in [-0.25, -0.2) is 0 Å². The minimum Gasteiger partial charge on any atom is -0.310 e. The molecule has 0 N–H and O–H groups in total. The zero-order valence-electron chi connectivity index (χ0n) is 42.8. The van der Waals surface area contributed by atoms with E-state index in [-0.39, 0.29) is 0 Å². The lowest BCUT2D eigenvalue weighted by atomic mass is 9.67. The number of rotatable bonds is 9. The van der Waals surface area contributed by atoms with Crippen LogP contribution < -0.4 is 25.6 Å². The lowest BCUT2D eigenvalue weighted by Gasteiger charge is -2.36. The Morgan fingerprint density at radius 3 is 1.04 bits per heavy atom. The van der Waals surface area contributed by atoms with Gasteiger partial charge in [0.25, 0.3) is 0 Å². The van der Waals surface area contributed by atoms with Crippen LogP contribution in [-0.2, 0) is 10.8 Å². The van der Waals surface area contributed by atoms with Gasteiger partial charge >= 0.3 is 0 Å². The summed E-state index contributed by atoms with van der Waals surface area (Å²) in [5.41, 5.74) is 21.3. The normalized spacial score (nSPS) is 14.4. The minimum absolute atomic E-state index is 0.579. The summed E-state index contributed by atoms with van der Waals surface area (Å²) in [7, 11) is -2.91. The highest BCUT2D eigenvalue weighted by Gasteiger charge is 2.51. The molecule has 0 saturated carbocycles. The number of fused-ring (bicyclic) bond motifs is 9. The van der Waals surface area contributed by atoms with Crippen molar-refractivity contribution in [3.8, 4) is 33.4 Å². The van der Waals surface area contributed by atoms with Crippen LogP contribution in [-0.4, -0.2) is 8.07 Å². The topological polar surface area (TPSA) is 3.24 Å². The Kier molecular flexibility index (Phi) is 10.3. The largest absolute Gasteiger partial charge is 0.310 e. The summed E-state index contributed by atoms with van der Waals surface area (Å²) in [4.78, 5) is 2.59. The van der Waals surface area contributed by atoms with E-state index < -0.39 is 18.9 Å². The van der Waals surface area contributed by atoms with Crippen LogP contribution in [0.3, 0.4) is 0 Å². The van der Waals surface area contributed by atoms with E-state index in [1.165, 1.54) is 104 Å². The Bertz CT molecular complexity index is 3920. The summed E-state index contributed by atoms with van der Waals surface area (Å²) in [6, 6.07) is 115. The Morgan fingerprint density at radius 1 is 0.260 bits per heavy atom. The predicted octanol–water partition coefficient (Wildman–Crippen LogP) is 15.5. The van der Waals surface area contributed by atoms with Crippen molar-refractivity contribution < 1.29 is 0 Å². The summed E-state index contributed by atoms with van der Waals surface area (Å²) in [5.74, 6) is 0.